The number of aromatic nitrogens is 2. The van der Waals surface area contributed by atoms with Crippen LogP contribution in [0.4, 0.5) is 5.82 Å². The maximum Gasteiger partial charge on any atom is 0.155 e. The molecule has 0 saturated carbocycles. The first-order chi connectivity index (χ1) is 9.13. The molecule has 1 aromatic carbocycles. The van der Waals surface area contributed by atoms with Crippen molar-refractivity contribution in [3.8, 4) is 17.0 Å². The van der Waals surface area contributed by atoms with Gasteiger partial charge in [0.1, 0.15) is 11.4 Å². The topological polar surface area (TPSA) is 49.9 Å². The first kappa shape index (κ1) is 12.1. The predicted molar refractivity (Wildman–Crippen MR) is 76.5 cm³/mol. The number of ether oxygens (including phenoxy) is 1. The van der Waals surface area contributed by atoms with Crippen molar-refractivity contribution in [2.24, 2.45) is 0 Å². The molecule has 0 unspecified atom stereocenters. The van der Waals surface area contributed by atoms with Crippen molar-refractivity contribution in [1.82, 2.24) is 10.2 Å². The average molecular weight is 257 g/mol. The van der Waals surface area contributed by atoms with Gasteiger partial charge in [-0.05, 0) is 32.4 Å². The maximum atomic E-state index is 6.12. The summed E-state index contributed by atoms with van der Waals surface area (Å²) in [6.07, 6.45) is 1.07. The number of nitrogens with zero attached hydrogens (tertiary/aromatic N) is 1. The molecule has 1 aromatic heterocycles. The lowest BCUT2D eigenvalue weighted by molar-refractivity contribution is 0.106. The van der Waals surface area contributed by atoms with Crippen LogP contribution in [0.25, 0.3) is 11.3 Å². The molecule has 3 rings (SSSR count). The second kappa shape index (κ2) is 4.30. The minimum atomic E-state index is -0.382. The van der Waals surface area contributed by atoms with Crippen LogP contribution in [0, 0.1) is 0 Å². The van der Waals surface area contributed by atoms with Crippen LogP contribution in [0.2, 0.25) is 0 Å². The van der Waals surface area contributed by atoms with Crippen molar-refractivity contribution in [2.45, 2.75) is 32.8 Å². The van der Waals surface area contributed by atoms with Gasteiger partial charge in [-0.3, -0.25) is 5.10 Å². The lowest BCUT2D eigenvalue weighted by Crippen LogP contribution is -2.29. The van der Waals surface area contributed by atoms with Crippen LogP contribution in [0.1, 0.15) is 32.8 Å². The van der Waals surface area contributed by atoms with Crippen molar-refractivity contribution < 1.29 is 4.74 Å². The van der Waals surface area contributed by atoms with Gasteiger partial charge in [0.2, 0.25) is 0 Å². The van der Waals surface area contributed by atoms with E-state index in [-0.39, 0.29) is 5.60 Å². The smallest absolute Gasteiger partial charge is 0.155 e. The van der Waals surface area contributed by atoms with Crippen LogP contribution in [-0.2, 0) is 5.60 Å². The van der Waals surface area contributed by atoms with Gasteiger partial charge in [0.25, 0.3) is 0 Å². The Morgan fingerprint density at radius 2 is 2.11 bits per heavy atom. The fraction of sp³-hybridized carbons (Fsp3) is 0.400. The Balaban J connectivity index is 2.13. The Morgan fingerprint density at radius 1 is 1.32 bits per heavy atom. The molecule has 1 aliphatic heterocycles. The van der Waals surface area contributed by atoms with Gasteiger partial charge in [-0.2, -0.15) is 5.10 Å². The van der Waals surface area contributed by atoms with Gasteiger partial charge >= 0.3 is 0 Å². The first-order valence-corrected chi connectivity index (χ1v) is 6.74. The summed E-state index contributed by atoms with van der Waals surface area (Å²) in [5.74, 6) is 1.81. The van der Waals surface area contributed by atoms with Crippen molar-refractivity contribution in [1.29, 1.82) is 0 Å². The number of anilines is 1. The van der Waals surface area contributed by atoms with Gasteiger partial charge in [0.15, 0.2) is 5.82 Å². The lowest BCUT2D eigenvalue weighted by atomic mass is 9.91. The van der Waals surface area contributed by atoms with E-state index in [1.54, 1.807) is 0 Å². The van der Waals surface area contributed by atoms with E-state index >= 15 is 0 Å². The minimum absolute atomic E-state index is 0.382. The monoisotopic (exact) mass is 257 g/mol. The molecule has 1 aliphatic rings. The molecule has 2 N–H and O–H groups in total. The standard InChI is InChI=1S/C15H19N3O/c1-4-9-16-14-12-13(17-18-14)10-7-5-6-8-11(10)19-15(12,2)3/h5-8H,4,9H2,1-3H3,(H2,16,17,18). The zero-order chi connectivity index (χ0) is 13.5. The Kier molecular flexibility index (Phi) is 2.73. The molecule has 0 aliphatic carbocycles. The fourth-order valence-corrected chi connectivity index (χ4v) is 2.58. The summed E-state index contributed by atoms with van der Waals surface area (Å²) in [5, 5.41) is 10.9. The molecule has 0 radical (unpaired) electrons. The highest BCUT2D eigenvalue weighted by Crippen LogP contribution is 2.46. The summed E-state index contributed by atoms with van der Waals surface area (Å²) >= 11 is 0. The van der Waals surface area contributed by atoms with Crippen LogP contribution >= 0.6 is 0 Å². The third-order valence-electron chi connectivity index (χ3n) is 3.43. The van der Waals surface area contributed by atoms with E-state index in [2.05, 4.69) is 42.4 Å². The molecule has 0 bridgehead atoms. The largest absolute Gasteiger partial charge is 0.482 e. The van der Waals surface area contributed by atoms with Gasteiger partial charge in [0, 0.05) is 12.1 Å². The summed E-state index contributed by atoms with van der Waals surface area (Å²) in [5.41, 5.74) is 2.87. The summed E-state index contributed by atoms with van der Waals surface area (Å²) in [4.78, 5) is 0. The van der Waals surface area contributed by atoms with E-state index in [0.29, 0.717) is 0 Å². The second-order valence-corrected chi connectivity index (χ2v) is 5.36. The van der Waals surface area contributed by atoms with Gasteiger partial charge in [-0.1, -0.05) is 19.1 Å². The van der Waals surface area contributed by atoms with E-state index in [1.807, 2.05) is 18.2 Å². The van der Waals surface area contributed by atoms with Crippen molar-refractivity contribution in [2.75, 3.05) is 11.9 Å². The highest BCUT2D eigenvalue weighted by Gasteiger charge is 2.37. The summed E-state index contributed by atoms with van der Waals surface area (Å²) in [7, 11) is 0. The predicted octanol–water partition coefficient (Wildman–Crippen LogP) is 3.53. The van der Waals surface area contributed by atoms with Gasteiger partial charge in [0.05, 0.1) is 11.3 Å². The maximum absolute atomic E-state index is 6.12. The van der Waals surface area contributed by atoms with Crippen molar-refractivity contribution in [3.05, 3.63) is 29.8 Å². The number of H-pyrrole nitrogens is 1. The van der Waals surface area contributed by atoms with E-state index in [4.69, 9.17) is 4.74 Å². The zero-order valence-electron chi connectivity index (χ0n) is 11.6. The van der Waals surface area contributed by atoms with Gasteiger partial charge < -0.3 is 10.1 Å². The average Bonchev–Trinajstić information content (AvgIpc) is 2.81. The second-order valence-electron chi connectivity index (χ2n) is 5.36. The molecule has 100 valence electrons. The molecular weight excluding hydrogens is 238 g/mol. The van der Waals surface area contributed by atoms with Crippen LogP contribution in [0.5, 0.6) is 5.75 Å². The third kappa shape index (κ3) is 1.87. The Bertz CT molecular complexity index is 601. The molecule has 2 heterocycles. The first-order valence-electron chi connectivity index (χ1n) is 6.74. The Labute approximate surface area is 113 Å². The summed E-state index contributed by atoms with van der Waals surface area (Å²) < 4.78 is 6.12. The number of aromatic amines is 1. The van der Waals surface area contributed by atoms with E-state index < -0.39 is 0 Å². The van der Waals surface area contributed by atoms with Gasteiger partial charge in [-0.15, -0.1) is 0 Å². The highest BCUT2D eigenvalue weighted by molar-refractivity contribution is 5.77. The van der Waals surface area contributed by atoms with E-state index in [1.165, 1.54) is 0 Å². The SMILES string of the molecule is CCCNc1n[nH]c2c1C(C)(C)Oc1ccccc1-2. The Morgan fingerprint density at radius 3 is 2.89 bits per heavy atom. The molecular formula is C15H19N3O. The normalized spacial score (nSPS) is 15.3. The van der Waals surface area contributed by atoms with E-state index in [0.717, 1.165) is 41.4 Å². The minimum Gasteiger partial charge on any atom is -0.482 e. The van der Waals surface area contributed by atoms with E-state index in [9.17, 15) is 0 Å². The third-order valence-corrected chi connectivity index (χ3v) is 3.43. The van der Waals surface area contributed by atoms with Crippen LogP contribution in [0.15, 0.2) is 24.3 Å². The molecule has 19 heavy (non-hydrogen) atoms. The number of hydrogen-bond donors (Lipinski definition) is 2. The number of rotatable bonds is 3. The number of nitrogens with one attached hydrogen (secondary N) is 2. The summed E-state index contributed by atoms with van der Waals surface area (Å²) in [6, 6.07) is 8.07. The molecule has 4 heteroatoms. The number of para-hydroxylation sites is 1. The molecule has 0 spiro atoms. The molecule has 0 amide bonds. The molecule has 0 saturated heterocycles. The quantitative estimate of drug-likeness (QED) is 0.884. The van der Waals surface area contributed by atoms with Crippen LogP contribution in [0.3, 0.4) is 0 Å². The Hall–Kier alpha value is -1.97. The fourth-order valence-electron chi connectivity index (χ4n) is 2.58. The number of hydrogen-bond acceptors (Lipinski definition) is 3. The van der Waals surface area contributed by atoms with Crippen LogP contribution in [-0.4, -0.2) is 16.7 Å². The molecule has 2 aromatic rings. The van der Waals surface area contributed by atoms with Crippen molar-refractivity contribution >= 4 is 5.82 Å². The number of benzene rings is 1. The zero-order valence-corrected chi connectivity index (χ0v) is 11.6. The summed E-state index contributed by atoms with van der Waals surface area (Å²) in [6.45, 7) is 7.21. The molecule has 4 nitrogen and oxygen atoms in total. The highest BCUT2D eigenvalue weighted by atomic mass is 16.5. The lowest BCUT2D eigenvalue weighted by Gasteiger charge is -2.33. The van der Waals surface area contributed by atoms with Crippen LogP contribution < -0.4 is 10.1 Å². The molecule has 0 atom stereocenters. The number of fused-ring (bicyclic) bond motifs is 3. The van der Waals surface area contributed by atoms with Gasteiger partial charge in [-0.25, -0.2) is 0 Å². The van der Waals surface area contributed by atoms with Crippen molar-refractivity contribution in [3.63, 3.8) is 0 Å². The molecule has 0 fully saturated rings.